The normalized spacial score (nSPS) is 24.4. The molecule has 13 heteroatoms. The van der Waals surface area contributed by atoms with E-state index in [1.54, 1.807) is 4.90 Å². The first kappa shape index (κ1) is 25.7. The van der Waals surface area contributed by atoms with Crippen molar-refractivity contribution in [2.24, 2.45) is 5.92 Å². The number of phosphoric acid groups is 1. The molecule has 1 aromatic heterocycles. The van der Waals surface area contributed by atoms with Crippen LogP contribution >= 0.6 is 7.82 Å². The molecule has 0 unspecified atom stereocenters. The maximum atomic E-state index is 11.7. The number of quaternary nitrogens is 1. The van der Waals surface area contributed by atoms with Crippen LogP contribution in [0.15, 0.2) is 21.9 Å². The number of hydrogen-bond donors (Lipinski definition) is 6. The van der Waals surface area contributed by atoms with E-state index in [9.17, 15) is 24.4 Å². The predicted octanol–water partition coefficient (Wildman–Crippen LogP) is -2.56. The molecule has 12 nitrogen and oxygen atoms in total. The third-order valence-corrected chi connectivity index (χ3v) is 5.25. The van der Waals surface area contributed by atoms with Crippen molar-refractivity contribution in [3.8, 4) is 0 Å². The smallest absolute Gasteiger partial charge is 0.396 e. The summed E-state index contributed by atoms with van der Waals surface area (Å²) >= 11 is 0. The van der Waals surface area contributed by atoms with Crippen molar-refractivity contribution >= 4 is 7.82 Å². The quantitative estimate of drug-likeness (QED) is 0.238. The van der Waals surface area contributed by atoms with E-state index in [2.05, 4.69) is 25.3 Å². The van der Waals surface area contributed by atoms with Gasteiger partial charge in [-0.3, -0.25) is 18.9 Å². The molecule has 1 aliphatic rings. The molecular formula is C16H31N3O9P+. The topological polar surface area (TPSA) is 176 Å². The first-order chi connectivity index (χ1) is 13.6. The van der Waals surface area contributed by atoms with Crippen molar-refractivity contribution in [1.82, 2.24) is 9.55 Å². The van der Waals surface area contributed by atoms with E-state index in [1.165, 1.54) is 19.6 Å². The number of nitrogens with one attached hydrogen (secondary N) is 2. The Bertz CT molecular complexity index is 768. The van der Waals surface area contributed by atoms with E-state index >= 15 is 0 Å². The second-order valence-corrected chi connectivity index (χ2v) is 7.76. The third kappa shape index (κ3) is 7.76. The first-order valence-electron chi connectivity index (χ1n) is 9.37. The van der Waals surface area contributed by atoms with E-state index in [0.717, 1.165) is 16.8 Å². The highest BCUT2D eigenvalue weighted by molar-refractivity contribution is 7.46. The van der Waals surface area contributed by atoms with Crippen molar-refractivity contribution in [2.45, 2.75) is 39.2 Å². The van der Waals surface area contributed by atoms with Crippen LogP contribution in [0, 0.1) is 5.92 Å². The Morgan fingerprint density at radius 2 is 1.83 bits per heavy atom. The Labute approximate surface area is 167 Å². The minimum absolute atomic E-state index is 0.551. The van der Waals surface area contributed by atoms with Crippen LogP contribution in [0.5, 0.6) is 0 Å². The van der Waals surface area contributed by atoms with Gasteiger partial charge in [0.15, 0.2) is 6.23 Å². The van der Waals surface area contributed by atoms with Crippen LogP contribution in [-0.2, 0) is 13.8 Å². The molecule has 0 aromatic carbocycles. The average molecular weight is 440 g/mol. The maximum absolute atomic E-state index is 11.7. The molecule has 0 radical (unpaired) electrons. The SMILES string of the molecule is CC[NH+](CC)CC.O=c1ccn([C@@H]2O[C@H](COP(=O)(O)O)[C@@H](CO)[C@H]2O)c(=O)[nH]1. The summed E-state index contributed by atoms with van der Waals surface area (Å²) in [4.78, 5) is 43.7. The maximum Gasteiger partial charge on any atom is 0.469 e. The molecule has 1 fully saturated rings. The highest BCUT2D eigenvalue weighted by Gasteiger charge is 2.45. The lowest BCUT2D eigenvalue weighted by Gasteiger charge is -2.17. The summed E-state index contributed by atoms with van der Waals surface area (Å²) < 4.78 is 21.3. The number of hydrogen-bond acceptors (Lipinski definition) is 7. The van der Waals surface area contributed by atoms with Gasteiger partial charge in [-0.2, -0.15) is 0 Å². The van der Waals surface area contributed by atoms with Crippen LogP contribution in [0.1, 0.15) is 27.0 Å². The van der Waals surface area contributed by atoms with Crippen LogP contribution in [-0.4, -0.2) is 74.6 Å². The molecule has 0 bridgehead atoms. The fourth-order valence-corrected chi connectivity index (χ4v) is 3.30. The summed E-state index contributed by atoms with van der Waals surface area (Å²) in [5, 5.41) is 19.4. The van der Waals surface area contributed by atoms with Crippen LogP contribution in [0.2, 0.25) is 0 Å². The zero-order valence-electron chi connectivity index (χ0n) is 16.7. The molecule has 0 spiro atoms. The van der Waals surface area contributed by atoms with Crippen molar-refractivity contribution in [3.63, 3.8) is 0 Å². The Kier molecular flexibility index (Phi) is 10.4. The van der Waals surface area contributed by atoms with E-state index in [1.807, 2.05) is 4.98 Å². The standard InChI is InChI=1S/C10H15N2O9P.C6H15N/c13-3-5-6(4-20-22(17,18)19)21-9(8(5)15)12-2-1-7(14)11-10(12)16;1-4-7(5-2)6-3/h1-2,5-6,8-9,13,15H,3-4H2,(H,11,14,16)(H2,17,18,19);4-6H2,1-3H3/p+1/t5-,6-,8-,9-;/m1./s1. The number of phosphoric ester groups is 1. The van der Waals surface area contributed by atoms with Crippen LogP contribution in [0.25, 0.3) is 0 Å². The molecule has 1 saturated heterocycles. The van der Waals surface area contributed by atoms with Gasteiger partial charge in [-0.05, 0) is 20.8 Å². The number of rotatable bonds is 8. The molecular weight excluding hydrogens is 409 g/mol. The fraction of sp³-hybridized carbons (Fsp3) is 0.750. The van der Waals surface area contributed by atoms with E-state index in [0.29, 0.717) is 0 Å². The van der Waals surface area contributed by atoms with Gasteiger partial charge in [0.25, 0.3) is 5.56 Å². The van der Waals surface area contributed by atoms with Crippen molar-refractivity contribution in [2.75, 3.05) is 32.8 Å². The molecule has 0 saturated carbocycles. The predicted molar refractivity (Wildman–Crippen MR) is 102 cm³/mol. The second kappa shape index (κ2) is 11.7. The fourth-order valence-electron chi connectivity index (χ4n) is 2.96. The van der Waals surface area contributed by atoms with Crippen LogP contribution < -0.4 is 16.1 Å². The van der Waals surface area contributed by atoms with Crippen molar-refractivity contribution in [1.29, 1.82) is 0 Å². The number of aromatic nitrogens is 2. The number of H-pyrrole nitrogens is 1. The Hall–Kier alpha value is -1.37. The molecule has 1 aromatic rings. The molecule has 168 valence electrons. The van der Waals surface area contributed by atoms with Gasteiger partial charge in [0.2, 0.25) is 0 Å². The summed E-state index contributed by atoms with van der Waals surface area (Å²) in [6.07, 6.45) is -2.50. The Morgan fingerprint density at radius 3 is 2.24 bits per heavy atom. The monoisotopic (exact) mass is 440 g/mol. The molecule has 6 N–H and O–H groups in total. The van der Waals surface area contributed by atoms with Gasteiger partial charge in [0.1, 0.15) is 6.10 Å². The summed E-state index contributed by atoms with van der Waals surface area (Å²) in [7, 11) is -4.74. The summed E-state index contributed by atoms with van der Waals surface area (Å²) in [5.74, 6) is -0.921. The largest absolute Gasteiger partial charge is 0.469 e. The summed E-state index contributed by atoms with van der Waals surface area (Å²) in [6, 6.07) is 1.05. The summed E-state index contributed by atoms with van der Waals surface area (Å²) in [6.45, 7) is 9.35. The van der Waals surface area contributed by atoms with Crippen LogP contribution in [0.3, 0.4) is 0 Å². The van der Waals surface area contributed by atoms with Gasteiger partial charge in [-0.25, -0.2) is 9.36 Å². The van der Waals surface area contributed by atoms with E-state index in [4.69, 9.17) is 14.5 Å². The molecule has 29 heavy (non-hydrogen) atoms. The molecule has 1 aliphatic heterocycles. The minimum Gasteiger partial charge on any atom is -0.396 e. The molecule has 0 aliphatic carbocycles. The molecule has 4 atom stereocenters. The van der Waals surface area contributed by atoms with Gasteiger partial charge in [-0.15, -0.1) is 0 Å². The number of aromatic amines is 1. The number of ether oxygens (including phenoxy) is 1. The number of aliphatic hydroxyl groups excluding tert-OH is 2. The van der Waals surface area contributed by atoms with Gasteiger partial charge < -0.3 is 29.6 Å². The average Bonchev–Trinajstić information content (AvgIpc) is 2.97. The third-order valence-electron chi connectivity index (χ3n) is 4.77. The van der Waals surface area contributed by atoms with E-state index < -0.39 is 56.6 Å². The number of aliphatic hydroxyl groups is 2. The second-order valence-electron chi connectivity index (χ2n) is 6.52. The van der Waals surface area contributed by atoms with Crippen LogP contribution in [0.4, 0.5) is 0 Å². The van der Waals surface area contributed by atoms with Crippen molar-refractivity contribution in [3.05, 3.63) is 33.1 Å². The molecule has 2 rings (SSSR count). The Balaban J connectivity index is 0.000000516. The van der Waals surface area contributed by atoms with Gasteiger partial charge in [0, 0.05) is 18.2 Å². The van der Waals surface area contributed by atoms with Gasteiger partial charge >= 0.3 is 13.5 Å². The number of nitrogens with zero attached hydrogens (tertiary/aromatic N) is 1. The minimum atomic E-state index is -4.74. The van der Waals surface area contributed by atoms with Crippen molar-refractivity contribution < 1.29 is 38.7 Å². The molecule has 0 amide bonds. The molecule has 2 heterocycles. The zero-order valence-corrected chi connectivity index (χ0v) is 17.6. The lowest BCUT2D eigenvalue weighted by Crippen LogP contribution is -3.11. The Morgan fingerprint density at radius 1 is 1.24 bits per heavy atom. The highest BCUT2D eigenvalue weighted by atomic mass is 31.2. The van der Waals surface area contributed by atoms with Gasteiger partial charge in [-0.1, -0.05) is 0 Å². The lowest BCUT2D eigenvalue weighted by atomic mass is 9.99. The highest BCUT2D eigenvalue weighted by Crippen LogP contribution is 2.39. The van der Waals surface area contributed by atoms with E-state index in [-0.39, 0.29) is 0 Å². The first-order valence-corrected chi connectivity index (χ1v) is 10.9. The van der Waals surface area contributed by atoms with Gasteiger partial charge in [0.05, 0.1) is 39.0 Å². The summed E-state index contributed by atoms with van der Waals surface area (Å²) in [5.41, 5.74) is -1.46. The lowest BCUT2D eigenvalue weighted by molar-refractivity contribution is -0.894. The zero-order chi connectivity index (χ0) is 22.2.